The van der Waals surface area contributed by atoms with Crippen LogP contribution in [0.5, 0.6) is 0 Å². The first-order valence-corrected chi connectivity index (χ1v) is 4.69. The molecule has 2 rings (SSSR count). The van der Waals surface area contributed by atoms with Gasteiger partial charge in [0.2, 0.25) is 0 Å². The second kappa shape index (κ2) is 4.56. The van der Waals surface area contributed by atoms with Gasteiger partial charge in [0, 0.05) is 0 Å². The molecule has 0 unspecified atom stereocenters. The van der Waals surface area contributed by atoms with Gasteiger partial charge in [0.1, 0.15) is 0 Å². The molecule has 0 bridgehead atoms. The zero-order valence-electron chi connectivity index (χ0n) is 8.66. The topological polar surface area (TPSA) is 108 Å². The fourth-order valence-electron chi connectivity index (χ4n) is 1.24. The van der Waals surface area contributed by atoms with Gasteiger partial charge in [-0.3, -0.25) is 0 Å². The number of H-pyrrole nitrogens is 1. The molecular formula is C9H8BN5O2. The number of hydrogen-bond acceptors (Lipinski definition) is 5. The molecule has 0 aliphatic carbocycles. The number of ketones is 1. The Kier molecular flexibility index (Phi) is 2.95. The number of aromatic amines is 1. The van der Waals surface area contributed by atoms with Crippen LogP contribution in [0.1, 0.15) is 16.2 Å². The van der Waals surface area contributed by atoms with E-state index in [0.29, 0.717) is 5.56 Å². The molecule has 0 aromatic carbocycles. The van der Waals surface area contributed by atoms with Crippen molar-refractivity contribution < 1.29 is 9.90 Å². The molecule has 2 aromatic heterocycles. The van der Waals surface area contributed by atoms with Gasteiger partial charge in [-0.25, -0.2) is 0 Å². The van der Waals surface area contributed by atoms with E-state index in [9.17, 15) is 9.90 Å². The van der Waals surface area contributed by atoms with Gasteiger partial charge >= 0.3 is 95.9 Å². The molecule has 0 amide bonds. The molecule has 0 spiro atoms. The Morgan fingerprint density at radius 2 is 2.47 bits per heavy atom. The second-order valence-corrected chi connectivity index (χ2v) is 3.20. The standard InChI is InChI=1S/C9H8BN5O2/c11-10-15-2-1-6(4-15)7(16)3-8(17)9-12-5-13-14-9/h1-5,11,16H,(H,12,13,14)/b7-3+. The van der Waals surface area contributed by atoms with E-state index in [1.807, 2.05) is 0 Å². The fourth-order valence-corrected chi connectivity index (χ4v) is 1.24. The average Bonchev–Trinajstić information content (AvgIpc) is 3.00. The van der Waals surface area contributed by atoms with E-state index in [4.69, 9.17) is 5.31 Å². The first-order valence-electron chi connectivity index (χ1n) is 4.69. The van der Waals surface area contributed by atoms with Crippen molar-refractivity contribution in [1.82, 2.24) is 19.7 Å². The van der Waals surface area contributed by atoms with Crippen molar-refractivity contribution in [2.24, 2.45) is 0 Å². The number of rotatable bonds is 4. The zero-order valence-corrected chi connectivity index (χ0v) is 8.66. The summed E-state index contributed by atoms with van der Waals surface area (Å²) in [6.07, 6.45) is 5.37. The number of allylic oxidation sites excluding steroid dienone is 1. The van der Waals surface area contributed by atoms with Crippen LogP contribution in [0.4, 0.5) is 0 Å². The van der Waals surface area contributed by atoms with Crippen LogP contribution in [0.3, 0.4) is 0 Å². The quantitative estimate of drug-likeness (QED) is 0.309. The van der Waals surface area contributed by atoms with Crippen LogP contribution in [0.2, 0.25) is 0 Å². The molecule has 0 radical (unpaired) electrons. The van der Waals surface area contributed by atoms with Gasteiger partial charge in [-0.1, -0.05) is 0 Å². The molecule has 0 aliphatic heterocycles. The predicted molar refractivity (Wildman–Crippen MR) is 59.6 cm³/mol. The summed E-state index contributed by atoms with van der Waals surface area (Å²) in [5.74, 6) is -0.599. The van der Waals surface area contributed by atoms with Crippen molar-refractivity contribution in [2.75, 3.05) is 0 Å². The van der Waals surface area contributed by atoms with Crippen LogP contribution < -0.4 is 0 Å². The number of aromatic nitrogens is 4. The van der Waals surface area contributed by atoms with Crippen LogP contribution in [0, 0.1) is 5.31 Å². The normalized spacial score (nSPS) is 11.2. The summed E-state index contributed by atoms with van der Waals surface area (Å²) >= 11 is 0. The number of hydrogen-bond donors (Lipinski definition) is 3. The van der Waals surface area contributed by atoms with E-state index < -0.39 is 5.78 Å². The van der Waals surface area contributed by atoms with Crippen LogP contribution in [0.25, 0.3) is 5.76 Å². The fraction of sp³-hybridized carbons (Fsp3) is 0. The third kappa shape index (κ3) is 2.36. The summed E-state index contributed by atoms with van der Waals surface area (Å²) in [6, 6.07) is 1.59. The molecule has 7 nitrogen and oxygen atoms in total. The van der Waals surface area contributed by atoms with Crippen LogP contribution in [-0.2, 0) is 0 Å². The van der Waals surface area contributed by atoms with Crippen LogP contribution >= 0.6 is 0 Å². The summed E-state index contributed by atoms with van der Waals surface area (Å²) in [7, 11) is 1.08. The minimum absolute atomic E-state index is 0.0584. The zero-order chi connectivity index (χ0) is 12.3. The molecule has 0 saturated carbocycles. The van der Waals surface area contributed by atoms with Gasteiger partial charge < -0.3 is 0 Å². The number of nitrogens with zero attached hydrogens (tertiary/aromatic N) is 3. The minimum atomic E-state index is -0.470. The summed E-state index contributed by atoms with van der Waals surface area (Å²) in [5, 5.41) is 22.6. The Bertz CT molecular complexity index is 572. The Morgan fingerprint density at radius 1 is 1.65 bits per heavy atom. The van der Waals surface area contributed by atoms with Crippen molar-refractivity contribution in [3.63, 3.8) is 0 Å². The number of nitrogens with one attached hydrogen (secondary N) is 2. The van der Waals surface area contributed by atoms with E-state index in [-0.39, 0.29) is 11.6 Å². The predicted octanol–water partition coefficient (Wildman–Crippen LogP) is 0.618. The van der Waals surface area contributed by atoms with Crippen molar-refractivity contribution >= 4 is 18.7 Å². The van der Waals surface area contributed by atoms with E-state index in [2.05, 4.69) is 15.2 Å². The Morgan fingerprint density at radius 3 is 3.06 bits per heavy atom. The van der Waals surface area contributed by atoms with Gasteiger partial charge in [-0.15, -0.1) is 0 Å². The van der Waals surface area contributed by atoms with E-state index in [1.54, 1.807) is 12.3 Å². The Hall–Kier alpha value is -2.51. The Balaban J connectivity index is 2.22. The summed E-state index contributed by atoms with van der Waals surface area (Å²) < 4.78 is 1.44. The van der Waals surface area contributed by atoms with Crippen LogP contribution in [0.15, 0.2) is 30.9 Å². The molecular weight excluding hydrogens is 221 g/mol. The monoisotopic (exact) mass is 229 g/mol. The van der Waals surface area contributed by atoms with Gasteiger partial charge in [0.25, 0.3) is 0 Å². The Labute approximate surface area is 96.6 Å². The van der Waals surface area contributed by atoms with Gasteiger partial charge in [-0.05, 0) is 0 Å². The average molecular weight is 229 g/mol. The maximum absolute atomic E-state index is 11.5. The molecule has 0 saturated heterocycles. The van der Waals surface area contributed by atoms with E-state index in [1.165, 1.54) is 17.0 Å². The van der Waals surface area contributed by atoms with E-state index >= 15 is 0 Å². The van der Waals surface area contributed by atoms with Gasteiger partial charge in [-0.2, -0.15) is 0 Å². The first-order chi connectivity index (χ1) is 8.20. The number of aliphatic hydroxyl groups is 1. The number of carbonyl (C=O) groups is 1. The maximum atomic E-state index is 11.5. The summed E-state index contributed by atoms with van der Waals surface area (Å²) in [6.45, 7) is 0. The van der Waals surface area contributed by atoms with Gasteiger partial charge in [0.15, 0.2) is 0 Å². The molecule has 8 heteroatoms. The van der Waals surface area contributed by atoms with Crippen LogP contribution in [-0.4, -0.2) is 37.8 Å². The molecule has 0 fully saturated rings. The second-order valence-electron chi connectivity index (χ2n) is 3.20. The number of aliphatic hydroxyl groups excluding tert-OH is 1. The SMILES string of the molecule is N=Bn1ccc(/C(O)=C\C(=O)c2ncn[nH]2)c1. The van der Waals surface area contributed by atoms with Crippen molar-refractivity contribution in [2.45, 2.75) is 0 Å². The molecule has 0 atom stereocenters. The molecule has 84 valence electrons. The molecule has 17 heavy (non-hydrogen) atoms. The first kappa shape index (κ1) is 11.0. The molecule has 0 aliphatic rings. The van der Waals surface area contributed by atoms with E-state index in [0.717, 1.165) is 13.3 Å². The molecule has 2 heterocycles. The third-order valence-electron chi connectivity index (χ3n) is 2.08. The summed E-state index contributed by atoms with van der Waals surface area (Å²) in [4.78, 5) is 15.2. The summed E-state index contributed by atoms with van der Waals surface area (Å²) in [5.41, 5.74) is 0.446. The van der Waals surface area contributed by atoms with Crippen molar-refractivity contribution in [3.8, 4) is 0 Å². The van der Waals surface area contributed by atoms with Crippen molar-refractivity contribution in [3.05, 3.63) is 42.3 Å². The number of carbonyl (C=O) groups excluding carboxylic acids is 1. The van der Waals surface area contributed by atoms with Gasteiger partial charge in [0.05, 0.1) is 0 Å². The molecule has 3 N–H and O–H groups in total. The van der Waals surface area contributed by atoms with Crippen molar-refractivity contribution in [1.29, 1.82) is 5.31 Å². The third-order valence-corrected chi connectivity index (χ3v) is 2.08. The molecule has 2 aromatic rings.